The van der Waals surface area contributed by atoms with Crippen molar-refractivity contribution in [1.82, 2.24) is 5.32 Å². The van der Waals surface area contributed by atoms with Crippen molar-refractivity contribution < 1.29 is 19.4 Å². The van der Waals surface area contributed by atoms with Crippen LogP contribution in [0.15, 0.2) is 30.3 Å². The molecule has 0 aliphatic heterocycles. The molecule has 1 aromatic rings. The maximum atomic E-state index is 11.4. The number of nitrogens with one attached hydrogen (secondary N) is 1. The molecule has 0 fully saturated rings. The fraction of sp³-hybridized carbons (Fsp3) is 0.333. The van der Waals surface area contributed by atoms with E-state index in [2.05, 4.69) is 10.1 Å². The Bertz CT molecular complexity index is 377. The van der Waals surface area contributed by atoms with Crippen molar-refractivity contribution in [1.29, 1.82) is 0 Å². The van der Waals surface area contributed by atoms with E-state index >= 15 is 0 Å². The molecule has 0 bridgehead atoms. The second kappa shape index (κ2) is 6.65. The summed E-state index contributed by atoms with van der Waals surface area (Å²) in [4.78, 5) is 21.5. The summed E-state index contributed by atoms with van der Waals surface area (Å²) >= 11 is 0. The van der Waals surface area contributed by atoms with Crippen molar-refractivity contribution >= 4 is 11.9 Å². The fourth-order valence-corrected chi connectivity index (χ4v) is 1.34. The lowest BCUT2D eigenvalue weighted by molar-refractivity contribution is -0.143. The highest BCUT2D eigenvalue weighted by molar-refractivity contribution is 5.78. The van der Waals surface area contributed by atoms with Crippen molar-refractivity contribution in [2.75, 3.05) is 13.2 Å². The lowest BCUT2D eigenvalue weighted by Gasteiger charge is -2.13. The molecule has 2 N–H and O–H groups in total. The fourth-order valence-electron chi connectivity index (χ4n) is 1.34. The minimum Gasteiger partial charge on any atom is -0.480 e. The third-order valence-electron chi connectivity index (χ3n) is 2.14. The SMILES string of the molecule is CC(NC(=O)COCC(=O)O)c1ccccc1. The van der Waals surface area contributed by atoms with Gasteiger partial charge in [-0.1, -0.05) is 30.3 Å². The van der Waals surface area contributed by atoms with E-state index in [1.54, 1.807) is 0 Å². The number of ether oxygens (including phenoxy) is 1. The van der Waals surface area contributed by atoms with Crippen LogP contribution in [0.1, 0.15) is 18.5 Å². The minimum atomic E-state index is -1.09. The summed E-state index contributed by atoms with van der Waals surface area (Å²) in [7, 11) is 0. The Morgan fingerprint density at radius 1 is 1.29 bits per heavy atom. The molecule has 1 unspecified atom stereocenters. The lowest BCUT2D eigenvalue weighted by atomic mass is 10.1. The van der Waals surface area contributed by atoms with Crippen LogP contribution in [-0.4, -0.2) is 30.2 Å². The third-order valence-corrected chi connectivity index (χ3v) is 2.14. The number of carboxylic acids is 1. The van der Waals surface area contributed by atoms with E-state index in [1.165, 1.54) is 0 Å². The zero-order valence-corrected chi connectivity index (χ0v) is 9.55. The van der Waals surface area contributed by atoms with E-state index in [4.69, 9.17) is 5.11 Å². The van der Waals surface area contributed by atoms with Crippen LogP contribution >= 0.6 is 0 Å². The molecular formula is C12H15NO4. The quantitative estimate of drug-likeness (QED) is 0.772. The highest BCUT2D eigenvalue weighted by atomic mass is 16.5. The number of hydrogen-bond donors (Lipinski definition) is 2. The number of carboxylic acid groups (broad SMARTS) is 1. The summed E-state index contributed by atoms with van der Waals surface area (Å²) in [6.07, 6.45) is 0. The van der Waals surface area contributed by atoms with Gasteiger partial charge in [-0.2, -0.15) is 0 Å². The van der Waals surface area contributed by atoms with Gasteiger partial charge in [0.1, 0.15) is 13.2 Å². The molecule has 5 heteroatoms. The second-order valence-electron chi connectivity index (χ2n) is 3.59. The Morgan fingerprint density at radius 2 is 1.94 bits per heavy atom. The number of hydrogen-bond acceptors (Lipinski definition) is 3. The van der Waals surface area contributed by atoms with Gasteiger partial charge in [-0.15, -0.1) is 0 Å². The molecule has 0 radical (unpaired) electrons. The Morgan fingerprint density at radius 3 is 2.53 bits per heavy atom. The van der Waals surface area contributed by atoms with Crippen LogP contribution in [0.4, 0.5) is 0 Å². The van der Waals surface area contributed by atoms with Gasteiger partial charge < -0.3 is 15.2 Å². The van der Waals surface area contributed by atoms with Crippen LogP contribution in [0.25, 0.3) is 0 Å². The normalized spacial score (nSPS) is 11.8. The van der Waals surface area contributed by atoms with E-state index < -0.39 is 12.6 Å². The third kappa shape index (κ3) is 5.12. The minimum absolute atomic E-state index is 0.128. The Hall–Kier alpha value is -1.88. The average Bonchev–Trinajstić information content (AvgIpc) is 2.29. The zero-order chi connectivity index (χ0) is 12.7. The van der Waals surface area contributed by atoms with Gasteiger partial charge in [0.15, 0.2) is 0 Å². The Kier molecular flexibility index (Phi) is 5.16. The first-order chi connectivity index (χ1) is 8.09. The molecule has 0 heterocycles. The van der Waals surface area contributed by atoms with Crippen LogP contribution < -0.4 is 5.32 Å². The van der Waals surface area contributed by atoms with Crippen molar-refractivity contribution in [3.05, 3.63) is 35.9 Å². The number of carbonyl (C=O) groups is 2. The number of rotatable bonds is 6. The second-order valence-corrected chi connectivity index (χ2v) is 3.59. The van der Waals surface area contributed by atoms with E-state index in [-0.39, 0.29) is 18.6 Å². The summed E-state index contributed by atoms with van der Waals surface area (Å²) in [6, 6.07) is 9.36. The number of amides is 1. The van der Waals surface area contributed by atoms with Gasteiger partial charge in [0.25, 0.3) is 0 Å². The van der Waals surface area contributed by atoms with Crippen LogP contribution in [0.5, 0.6) is 0 Å². The van der Waals surface area contributed by atoms with Crippen LogP contribution in [-0.2, 0) is 14.3 Å². The maximum absolute atomic E-state index is 11.4. The molecule has 0 aromatic heterocycles. The number of aliphatic carboxylic acids is 1. The summed E-state index contributed by atoms with van der Waals surface area (Å²) in [5, 5.41) is 11.0. The molecule has 0 saturated carbocycles. The van der Waals surface area contributed by atoms with Gasteiger partial charge in [-0.3, -0.25) is 4.79 Å². The van der Waals surface area contributed by atoms with E-state index in [0.29, 0.717) is 0 Å². The smallest absolute Gasteiger partial charge is 0.329 e. The van der Waals surface area contributed by atoms with Gasteiger partial charge in [-0.05, 0) is 12.5 Å². The average molecular weight is 237 g/mol. The predicted octanol–water partition coefficient (Wildman–Crippen LogP) is 0.965. The molecule has 0 aliphatic rings. The molecule has 92 valence electrons. The summed E-state index contributed by atoms with van der Waals surface area (Å²) < 4.78 is 4.68. The molecule has 5 nitrogen and oxygen atoms in total. The molecule has 0 aliphatic carbocycles. The highest BCUT2D eigenvalue weighted by Gasteiger charge is 2.09. The first kappa shape index (κ1) is 13.2. The van der Waals surface area contributed by atoms with E-state index in [0.717, 1.165) is 5.56 Å². The predicted molar refractivity (Wildman–Crippen MR) is 61.5 cm³/mol. The topological polar surface area (TPSA) is 75.6 Å². The molecule has 1 rings (SSSR count). The summed E-state index contributed by atoms with van der Waals surface area (Å²) in [6.45, 7) is 1.14. The first-order valence-electron chi connectivity index (χ1n) is 5.23. The van der Waals surface area contributed by atoms with Crippen molar-refractivity contribution in [2.45, 2.75) is 13.0 Å². The van der Waals surface area contributed by atoms with Crippen molar-refractivity contribution in [3.8, 4) is 0 Å². The van der Waals surface area contributed by atoms with Crippen LogP contribution in [0, 0.1) is 0 Å². The Balaban J connectivity index is 2.34. The van der Waals surface area contributed by atoms with Crippen molar-refractivity contribution in [3.63, 3.8) is 0 Å². The monoisotopic (exact) mass is 237 g/mol. The number of benzene rings is 1. The highest BCUT2D eigenvalue weighted by Crippen LogP contribution is 2.10. The largest absolute Gasteiger partial charge is 0.480 e. The summed E-state index contributed by atoms with van der Waals surface area (Å²) in [5.74, 6) is -1.42. The molecule has 1 amide bonds. The van der Waals surface area contributed by atoms with Gasteiger partial charge >= 0.3 is 5.97 Å². The van der Waals surface area contributed by atoms with E-state index in [1.807, 2.05) is 37.3 Å². The maximum Gasteiger partial charge on any atom is 0.329 e. The van der Waals surface area contributed by atoms with Gasteiger partial charge in [0, 0.05) is 0 Å². The first-order valence-corrected chi connectivity index (χ1v) is 5.23. The van der Waals surface area contributed by atoms with Gasteiger partial charge in [0.05, 0.1) is 6.04 Å². The van der Waals surface area contributed by atoms with Crippen molar-refractivity contribution in [2.24, 2.45) is 0 Å². The zero-order valence-electron chi connectivity index (χ0n) is 9.55. The summed E-state index contributed by atoms with van der Waals surface area (Å²) in [5.41, 5.74) is 0.985. The van der Waals surface area contributed by atoms with Gasteiger partial charge in [0.2, 0.25) is 5.91 Å². The standard InChI is InChI=1S/C12H15NO4/c1-9(10-5-3-2-4-6-10)13-11(14)7-17-8-12(15)16/h2-6,9H,7-8H2,1H3,(H,13,14)(H,15,16). The molecule has 0 saturated heterocycles. The van der Waals surface area contributed by atoms with Crippen LogP contribution in [0.2, 0.25) is 0 Å². The molecule has 17 heavy (non-hydrogen) atoms. The lowest BCUT2D eigenvalue weighted by Crippen LogP contribution is -2.30. The molecule has 1 aromatic carbocycles. The molecular weight excluding hydrogens is 222 g/mol. The van der Waals surface area contributed by atoms with E-state index in [9.17, 15) is 9.59 Å². The molecule has 0 spiro atoms. The molecule has 1 atom stereocenters. The van der Waals surface area contributed by atoms with Crippen LogP contribution in [0.3, 0.4) is 0 Å². The number of carbonyl (C=O) groups excluding carboxylic acids is 1. The van der Waals surface area contributed by atoms with Gasteiger partial charge in [-0.25, -0.2) is 4.79 Å². The Labute approximate surface area is 99.4 Å².